The smallest absolute Gasteiger partial charge is 0.0784 e. The van der Waals surface area contributed by atoms with Gasteiger partial charge >= 0.3 is 0 Å². The lowest BCUT2D eigenvalue weighted by Crippen LogP contribution is -2.29. The van der Waals surface area contributed by atoms with Gasteiger partial charge in [0.05, 0.1) is 17.6 Å². The zero-order valence-corrected chi connectivity index (χ0v) is 12.0. The minimum absolute atomic E-state index is 0.0438. The number of hydrogen-bond acceptors (Lipinski definition) is 1. The molecule has 1 rings (SSSR count). The van der Waals surface area contributed by atoms with Gasteiger partial charge < -0.3 is 4.74 Å². The maximum absolute atomic E-state index is 6.35. The van der Waals surface area contributed by atoms with Gasteiger partial charge in [0.25, 0.3) is 0 Å². The zero-order valence-electron chi connectivity index (χ0n) is 10.5. The SMILES string of the molecule is C#CC=CCC(Cl)C1CC=C(Cl)C=CC(CC)O1. The maximum Gasteiger partial charge on any atom is 0.0784 e. The van der Waals surface area contributed by atoms with Crippen LogP contribution in [0.5, 0.6) is 0 Å². The number of hydrogen-bond donors (Lipinski definition) is 0. The van der Waals surface area contributed by atoms with Crippen LogP contribution in [-0.4, -0.2) is 17.6 Å². The summed E-state index contributed by atoms with van der Waals surface area (Å²) >= 11 is 12.4. The summed E-state index contributed by atoms with van der Waals surface area (Å²) in [6.07, 6.45) is 16.9. The van der Waals surface area contributed by atoms with E-state index in [4.69, 9.17) is 34.4 Å². The first-order valence-electron chi connectivity index (χ1n) is 6.11. The third-order valence-corrected chi connectivity index (χ3v) is 3.49. The summed E-state index contributed by atoms with van der Waals surface area (Å²) in [5, 5.41) is 0.639. The van der Waals surface area contributed by atoms with Gasteiger partial charge in [-0.1, -0.05) is 42.7 Å². The van der Waals surface area contributed by atoms with Crippen LogP contribution in [0, 0.1) is 12.3 Å². The Morgan fingerprint density at radius 3 is 3.11 bits per heavy atom. The molecule has 0 radical (unpaired) electrons. The van der Waals surface area contributed by atoms with Crippen LogP contribution in [0.25, 0.3) is 0 Å². The Bertz CT molecular complexity index is 376. The Morgan fingerprint density at radius 1 is 1.67 bits per heavy atom. The molecule has 1 nitrogen and oxygen atoms in total. The molecule has 0 spiro atoms. The fraction of sp³-hybridized carbons (Fsp3) is 0.467. The monoisotopic (exact) mass is 284 g/mol. The fourth-order valence-electron chi connectivity index (χ4n) is 1.70. The Hall–Kier alpha value is -0.680. The van der Waals surface area contributed by atoms with Gasteiger partial charge in [-0.15, -0.1) is 18.0 Å². The Morgan fingerprint density at radius 2 is 2.44 bits per heavy atom. The third-order valence-electron chi connectivity index (χ3n) is 2.75. The molecule has 98 valence electrons. The van der Waals surface area contributed by atoms with E-state index in [1.54, 1.807) is 6.08 Å². The lowest BCUT2D eigenvalue weighted by Gasteiger charge is -2.26. The number of rotatable bonds is 4. The first-order valence-corrected chi connectivity index (χ1v) is 6.93. The van der Waals surface area contributed by atoms with Gasteiger partial charge in [0.2, 0.25) is 0 Å². The average Bonchev–Trinajstić information content (AvgIpc) is 2.35. The third kappa shape index (κ3) is 5.31. The van der Waals surface area contributed by atoms with Crippen LogP contribution >= 0.6 is 23.2 Å². The van der Waals surface area contributed by atoms with E-state index in [0.717, 1.165) is 17.9 Å². The summed E-state index contributed by atoms with van der Waals surface area (Å²) in [7, 11) is 0. The highest BCUT2D eigenvalue weighted by atomic mass is 35.5. The summed E-state index contributed by atoms with van der Waals surface area (Å²) in [6.45, 7) is 2.08. The second kappa shape index (κ2) is 8.43. The molecule has 3 atom stereocenters. The van der Waals surface area contributed by atoms with Gasteiger partial charge in [0, 0.05) is 5.03 Å². The van der Waals surface area contributed by atoms with Crippen molar-refractivity contribution in [3.05, 3.63) is 35.4 Å². The van der Waals surface area contributed by atoms with E-state index in [-0.39, 0.29) is 17.6 Å². The number of alkyl halides is 1. The predicted octanol–water partition coefficient (Wildman–Crippen LogP) is 4.42. The molecule has 0 saturated carbocycles. The van der Waals surface area contributed by atoms with Crippen molar-refractivity contribution in [2.45, 2.75) is 43.8 Å². The molecule has 0 aromatic carbocycles. The first kappa shape index (κ1) is 15.4. The molecule has 1 heterocycles. The van der Waals surface area contributed by atoms with Crippen LogP contribution < -0.4 is 0 Å². The maximum atomic E-state index is 6.35. The normalized spacial score (nSPS) is 26.2. The van der Waals surface area contributed by atoms with Gasteiger partial charge in [-0.25, -0.2) is 0 Å². The standard InChI is InChI=1S/C15H18Cl2O/c1-3-5-6-7-14(17)15-11-9-12(16)8-10-13(4-2)18-15/h1,5-6,8-10,13-15H,4,7,11H2,2H3. The summed E-state index contributed by atoms with van der Waals surface area (Å²) in [5.41, 5.74) is 0. The fourth-order valence-corrected chi connectivity index (χ4v) is 2.13. The second-order valence-corrected chi connectivity index (χ2v) is 5.12. The Kier molecular flexibility index (Phi) is 7.20. The summed E-state index contributed by atoms with van der Waals surface area (Å²) < 4.78 is 5.97. The van der Waals surface area contributed by atoms with E-state index in [1.165, 1.54) is 0 Å². The van der Waals surface area contributed by atoms with Crippen molar-refractivity contribution in [3.63, 3.8) is 0 Å². The minimum atomic E-state index is -0.101. The molecular formula is C15H18Cl2O. The topological polar surface area (TPSA) is 9.23 Å². The van der Waals surface area contributed by atoms with Crippen LogP contribution in [0.1, 0.15) is 26.2 Å². The van der Waals surface area contributed by atoms with E-state index >= 15 is 0 Å². The van der Waals surface area contributed by atoms with Crippen molar-refractivity contribution in [2.75, 3.05) is 0 Å². The van der Waals surface area contributed by atoms with E-state index in [0.29, 0.717) is 6.42 Å². The highest BCUT2D eigenvalue weighted by Crippen LogP contribution is 2.23. The molecule has 0 saturated heterocycles. The molecule has 0 bridgehead atoms. The van der Waals surface area contributed by atoms with Crippen molar-refractivity contribution in [2.24, 2.45) is 0 Å². The van der Waals surface area contributed by atoms with Gasteiger partial charge in [0.1, 0.15) is 0 Å². The quantitative estimate of drug-likeness (QED) is 0.549. The largest absolute Gasteiger partial charge is 0.369 e. The van der Waals surface area contributed by atoms with Crippen molar-refractivity contribution >= 4 is 23.2 Å². The number of terminal acetylenes is 1. The van der Waals surface area contributed by atoms with E-state index < -0.39 is 0 Å². The molecule has 0 aliphatic carbocycles. The highest BCUT2D eigenvalue weighted by molar-refractivity contribution is 6.31. The molecule has 0 amide bonds. The molecule has 1 aliphatic heterocycles. The average molecular weight is 285 g/mol. The van der Waals surface area contributed by atoms with Crippen molar-refractivity contribution in [1.82, 2.24) is 0 Å². The summed E-state index contributed by atoms with van der Waals surface area (Å²) in [5.74, 6) is 2.45. The molecule has 3 unspecified atom stereocenters. The van der Waals surface area contributed by atoms with E-state index in [9.17, 15) is 0 Å². The molecule has 3 heteroatoms. The molecule has 0 fully saturated rings. The molecule has 1 aliphatic rings. The van der Waals surface area contributed by atoms with E-state index in [1.807, 2.05) is 24.3 Å². The van der Waals surface area contributed by atoms with Crippen LogP contribution in [0.3, 0.4) is 0 Å². The molecular weight excluding hydrogens is 267 g/mol. The zero-order chi connectivity index (χ0) is 13.4. The van der Waals surface area contributed by atoms with Crippen LogP contribution in [-0.2, 0) is 4.74 Å². The van der Waals surface area contributed by atoms with Gasteiger partial charge in [-0.2, -0.15) is 0 Å². The number of ether oxygens (including phenoxy) is 1. The Balaban J connectivity index is 2.66. The lowest BCUT2D eigenvalue weighted by atomic mass is 10.1. The number of allylic oxidation sites excluding steroid dienone is 4. The molecule has 0 N–H and O–H groups in total. The van der Waals surface area contributed by atoms with Gasteiger partial charge in [-0.05, 0) is 31.4 Å². The van der Waals surface area contributed by atoms with Crippen LogP contribution in [0.4, 0.5) is 0 Å². The Labute approximate surface area is 119 Å². The first-order chi connectivity index (χ1) is 8.67. The minimum Gasteiger partial charge on any atom is -0.369 e. The van der Waals surface area contributed by atoms with E-state index in [2.05, 4.69) is 12.8 Å². The van der Waals surface area contributed by atoms with Crippen molar-refractivity contribution in [3.8, 4) is 12.3 Å². The predicted molar refractivity (Wildman–Crippen MR) is 78.9 cm³/mol. The summed E-state index contributed by atoms with van der Waals surface area (Å²) in [4.78, 5) is 0. The van der Waals surface area contributed by atoms with Crippen LogP contribution in [0.2, 0.25) is 0 Å². The molecule has 0 aromatic rings. The number of halogens is 2. The second-order valence-electron chi connectivity index (χ2n) is 4.13. The van der Waals surface area contributed by atoms with Gasteiger partial charge in [0.15, 0.2) is 0 Å². The summed E-state index contributed by atoms with van der Waals surface area (Å²) in [6, 6.07) is 0. The molecule has 0 aromatic heterocycles. The van der Waals surface area contributed by atoms with Gasteiger partial charge in [-0.3, -0.25) is 0 Å². The van der Waals surface area contributed by atoms with Crippen molar-refractivity contribution < 1.29 is 4.74 Å². The van der Waals surface area contributed by atoms with Crippen LogP contribution in [0.15, 0.2) is 35.4 Å². The highest BCUT2D eigenvalue weighted by Gasteiger charge is 2.22. The van der Waals surface area contributed by atoms with Crippen molar-refractivity contribution in [1.29, 1.82) is 0 Å². The lowest BCUT2D eigenvalue weighted by molar-refractivity contribution is 0.0110. The molecule has 18 heavy (non-hydrogen) atoms.